The molecule has 1 aliphatic rings. The van der Waals surface area contributed by atoms with Gasteiger partial charge in [0.1, 0.15) is 5.82 Å². The number of urea groups is 1. The fourth-order valence-corrected chi connectivity index (χ4v) is 3.97. The number of rotatable bonds is 6. The molecule has 0 aromatic heterocycles. The molecule has 0 unspecified atom stereocenters. The molecule has 0 aliphatic carbocycles. The van der Waals surface area contributed by atoms with E-state index in [2.05, 4.69) is 26.1 Å². The molecule has 33 heavy (non-hydrogen) atoms. The molecule has 2 aromatic rings. The quantitative estimate of drug-likeness (QED) is 0.596. The van der Waals surface area contributed by atoms with Gasteiger partial charge in [-0.15, -0.1) is 0 Å². The summed E-state index contributed by atoms with van der Waals surface area (Å²) in [6.45, 7) is 10.3. The van der Waals surface area contributed by atoms with E-state index in [1.807, 2.05) is 54.8 Å². The second kappa shape index (κ2) is 11.1. The number of hydrogen-bond donors (Lipinski definition) is 1. The fourth-order valence-electron chi connectivity index (χ4n) is 3.71. The highest BCUT2D eigenvalue weighted by molar-refractivity contribution is 9.10. The molecule has 0 saturated carbocycles. The lowest BCUT2D eigenvalue weighted by Gasteiger charge is -2.36. The Balaban J connectivity index is 1.51. The largest absolute Gasteiger partial charge is 0.337 e. The van der Waals surface area contributed by atoms with Crippen LogP contribution < -0.4 is 5.32 Å². The zero-order valence-corrected chi connectivity index (χ0v) is 21.1. The van der Waals surface area contributed by atoms with Crippen LogP contribution in [0.15, 0.2) is 53.0 Å². The summed E-state index contributed by atoms with van der Waals surface area (Å²) in [5, 5.41) is 2.93. The van der Waals surface area contributed by atoms with Gasteiger partial charge in [0.05, 0.1) is 0 Å². The summed E-state index contributed by atoms with van der Waals surface area (Å²) >= 11 is 3.39. The smallest absolute Gasteiger partial charge is 0.321 e. The SMILES string of the molecule is CC(C)(C)C(=O)N(CCN1CCN(C(=O)Nc2ccc(Br)cc2)CC1)Cc1ccc(F)cc1. The van der Waals surface area contributed by atoms with Gasteiger partial charge in [-0.05, 0) is 42.0 Å². The van der Waals surface area contributed by atoms with Crippen molar-refractivity contribution in [3.05, 3.63) is 64.4 Å². The number of benzene rings is 2. The monoisotopic (exact) mass is 518 g/mol. The summed E-state index contributed by atoms with van der Waals surface area (Å²) in [4.78, 5) is 31.5. The van der Waals surface area contributed by atoms with Crippen LogP contribution >= 0.6 is 15.9 Å². The number of anilines is 1. The van der Waals surface area contributed by atoms with Crippen LogP contribution in [0.3, 0.4) is 0 Å². The average Bonchev–Trinajstić information content (AvgIpc) is 2.78. The fraction of sp³-hybridized carbons (Fsp3) is 0.440. The highest BCUT2D eigenvalue weighted by Gasteiger charge is 2.28. The predicted molar refractivity (Wildman–Crippen MR) is 132 cm³/mol. The predicted octanol–water partition coefficient (Wildman–Crippen LogP) is 4.81. The van der Waals surface area contributed by atoms with Crippen LogP contribution in [-0.2, 0) is 11.3 Å². The number of hydrogen-bond acceptors (Lipinski definition) is 3. The molecule has 1 fully saturated rings. The van der Waals surface area contributed by atoms with E-state index >= 15 is 0 Å². The minimum atomic E-state index is -0.496. The van der Waals surface area contributed by atoms with Crippen LogP contribution in [0.1, 0.15) is 26.3 Å². The molecular weight excluding hydrogens is 487 g/mol. The van der Waals surface area contributed by atoms with Gasteiger partial charge in [-0.2, -0.15) is 0 Å². The van der Waals surface area contributed by atoms with E-state index in [9.17, 15) is 14.0 Å². The second-order valence-electron chi connectivity index (χ2n) is 9.37. The average molecular weight is 519 g/mol. The molecule has 178 valence electrons. The first-order chi connectivity index (χ1) is 15.6. The summed E-state index contributed by atoms with van der Waals surface area (Å²) in [7, 11) is 0. The van der Waals surface area contributed by atoms with Gasteiger partial charge in [-0.1, -0.05) is 48.8 Å². The molecule has 2 aromatic carbocycles. The van der Waals surface area contributed by atoms with Crippen molar-refractivity contribution in [2.75, 3.05) is 44.6 Å². The highest BCUT2D eigenvalue weighted by Crippen LogP contribution is 2.20. The second-order valence-corrected chi connectivity index (χ2v) is 10.3. The molecular formula is C25H32BrFN4O2. The van der Waals surface area contributed by atoms with Crippen molar-refractivity contribution in [2.24, 2.45) is 5.41 Å². The van der Waals surface area contributed by atoms with Gasteiger partial charge in [-0.3, -0.25) is 9.69 Å². The number of amides is 3. The number of carbonyl (C=O) groups is 2. The van der Waals surface area contributed by atoms with E-state index in [0.29, 0.717) is 26.2 Å². The van der Waals surface area contributed by atoms with Crippen molar-refractivity contribution in [2.45, 2.75) is 27.3 Å². The molecule has 0 radical (unpaired) electrons. The van der Waals surface area contributed by atoms with Gasteiger partial charge in [0.15, 0.2) is 0 Å². The Bertz CT molecular complexity index is 936. The van der Waals surface area contributed by atoms with E-state index < -0.39 is 5.41 Å². The van der Waals surface area contributed by atoms with Crippen LogP contribution in [0.2, 0.25) is 0 Å². The lowest BCUT2D eigenvalue weighted by molar-refractivity contribution is -0.140. The third-order valence-electron chi connectivity index (χ3n) is 5.66. The zero-order chi connectivity index (χ0) is 24.0. The van der Waals surface area contributed by atoms with E-state index in [4.69, 9.17) is 0 Å². The molecule has 3 amide bonds. The van der Waals surface area contributed by atoms with Gasteiger partial charge in [-0.25, -0.2) is 9.18 Å². The third-order valence-corrected chi connectivity index (χ3v) is 6.19. The van der Waals surface area contributed by atoms with Crippen LogP contribution in [0.4, 0.5) is 14.9 Å². The number of nitrogens with one attached hydrogen (secondary N) is 1. The molecule has 8 heteroatoms. The Morgan fingerprint density at radius 2 is 1.61 bits per heavy atom. The van der Waals surface area contributed by atoms with Crippen LogP contribution in [0, 0.1) is 11.2 Å². The van der Waals surface area contributed by atoms with Gasteiger partial charge in [0.2, 0.25) is 5.91 Å². The maximum absolute atomic E-state index is 13.3. The lowest BCUT2D eigenvalue weighted by Crippen LogP contribution is -2.52. The van der Waals surface area contributed by atoms with Crippen molar-refractivity contribution in [1.29, 1.82) is 0 Å². The summed E-state index contributed by atoms with van der Waals surface area (Å²) in [6, 6.07) is 13.7. The molecule has 6 nitrogen and oxygen atoms in total. The maximum Gasteiger partial charge on any atom is 0.321 e. The molecule has 3 rings (SSSR count). The minimum absolute atomic E-state index is 0.0688. The number of nitrogens with zero attached hydrogens (tertiary/aromatic N) is 3. The number of halogens is 2. The van der Waals surface area contributed by atoms with Crippen molar-refractivity contribution in [3.63, 3.8) is 0 Å². The van der Waals surface area contributed by atoms with Crippen LogP contribution in [0.25, 0.3) is 0 Å². The van der Waals surface area contributed by atoms with Gasteiger partial charge in [0.25, 0.3) is 0 Å². The topological polar surface area (TPSA) is 55.9 Å². The first kappa shape index (κ1) is 25.2. The first-order valence-corrected chi connectivity index (χ1v) is 12.0. The Morgan fingerprint density at radius 1 is 1.00 bits per heavy atom. The Labute approximate surface area is 203 Å². The van der Waals surface area contributed by atoms with Gasteiger partial charge >= 0.3 is 6.03 Å². The molecule has 1 aliphatic heterocycles. The maximum atomic E-state index is 13.3. The first-order valence-electron chi connectivity index (χ1n) is 11.2. The standard InChI is InChI=1S/C25H32BrFN4O2/c1-25(2,3)23(32)31(18-19-4-8-21(27)9-5-19)17-14-29-12-15-30(16-13-29)24(33)28-22-10-6-20(26)7-11-22/h4-11H,12-18H2,1-3H3,(H,28,33). The van der Waals surface area contributed by atoms with Crippen LogP contribution in [0.5, 0.6) is 0 Å². The van der Waals surface area contributed by atoms with Crippen molar-refractivity contribution >= 4 is 33.6 Å². The van der Waals surface area contributed by atoms with Gasteiger partial charge in [0, 0.05) is 61.4 Å². The Kier molecular flexibility index (Phi) is 8.48. The Morgan fingerprint density at radius 3 is 2.18 bits per heavy atom. The van der Waals surface area contributed by atoms with E-state index in [1.165, 1.54) is 12.1 Å². The summed E-state index contributed by atoms with van der Waals surface area (Å²) in [6.07, 6.45) is 0. The van der Waals surface area contributed by atoms with Crippen molar-refractivity contribution in [1.82, 2.24) is 14.7 Å². The third kappa shape index (κ3) is 7.54. The Hall–Kier alpha value is -2.45. The molecule has 1 saturated heterocycles. The lowest BCUT2D eigenvalue weighted by atomic mass is 9.94. The molecule has 1 N–H and O–H groups in total. The number of carbonyl (C=O) groups excluding carboxylic acids is 2. The molecule has 0 spiro atoms. The van der Waals surface area contributed by atoms with E-state index in [-0.39, 0.29) is 17.8 Å². The molecule has 0 bridgehead atoms. The van der Waals surface area contributed by atoms with Crippen molar-refractivity contribution in [3.8, 4) is 0 Å². The zero-order valence-electron chi connectivity index (χ0n) is 19.5. The summed E-state index contributed by atoms with van der Waals surface area (Å²) in [5.74, 6) is -0.214. The van der Waals surface area contributed by atoms with Crippen molar-refractivity contribution < 1.29 is 14.0 Å². The van der Waals surface area contributed by atoms with Crippen LogP contribution in [-0.4, -0.2) is 65.9 Å². The minimum Gasteiger partial charge on any atom is -0.337 e. The van der Waals surface area contributed by atoms with E-state index in [1.54, 1.807) is 12.1 Å². The number of piperazine rings is 1. The molecule has 0 atom stereocenters. The highest BCUT2D eigenvalue weighted by atomic mass is 79.9. The normalized spacial score (nSPS) is 14.8. The molecule has 1 heterocycles. The van der Waals surface area contributed by atoms with E-state index in [0.717, 1.165) is 35.4 Å². The summed E-state index contributed by atoms with van der Waals surface area (Å²) < 4.78 is 14.2. The van der Waals surface area contributed by atoms with Gasteiger partial charge < -0.3 is 15.1 Å². The summed E-state index contributed by atoms with van der Waals surface area (Å²) in [5.41, 5.74) is 1.18.